The molecule has 0 spiro atoms. The first-order valence-electron chi connectivity index (χ1n) is 8.91. The summed E-state index contributed by atoms with van der Waals surface area (Å²) in [6, 6.07) is 12.0. The van der Waals surface area contributed by atoms with E-state index in [0.717, 1.165) is 28.4 Å². The summed E-state index contributed by atoms with van der Waals surface area (Å²) in [5.41, 5.74) is 1.18. The number of fused-ring (bicyclic) bond motifs is 1. The van der Waals surface area contributed by atoms with Gasteiger partial charge in [-0.3, -0.25) is 10.1 Å². The number of rotatable bonds is 4. The summed E-state index contributed by atoms with van der Waals surface area (Å²) in [4.78, 5) is 17.1. The summed E-state index contributed by atoms with van der Waals surface area (Å²) in [6.45, 7) is 1.13. The molecule has 1 N–H and O–H groups in total. The van der Waals surface area contributed by atoms with Gasteiger partial charge in [0.2, 0.25) is 10.0 Å². The van der Waals surface area contributed by atoms with Crippen molar-refractivity contribution in [2.75, 3.05) is 18.4 Å². The van der Waals surface area contributed by atoms with Gasteiger partial charge in [0.05, 0.1) is 15.1 Å². The van der Waals surface area contributed by atoms with Crippen LogP contribution in [0.4, 0.5) is 5.13 Å². The molecule has 3 aromatic rings. The van der Waals surface area contributed by atoms with Crippen molar-refractivity contribution >= 4 is 58.5 Å². The number of benzene rings is 2. The van der Waals surface area contributed by atoms with Crippen LogP contribution in [-0.2, 0) is 10.0 Å². The molecule has 1 fully saturated rings. The summed E-state index contributed by atoms with van der Waals surface area (Å²) in [5.74, 6) is -0.262. The topological polar surface area (TPSA) is 79.4 Å². The van der Waals surface area contributed by atoms with Crippen LogP contribution in [0.2, 0.25) is 0 Å². The normalized spacial score (nSPS) is 15.6. The summed E-state index contributed by atoms with van der Waals surface area (Å²) >= 11 is 4.61. The zero-order valence-electron chi connectivity index (χ0n) is 14.9. The molecule has 2 aromatic carbocycles. The van der Waals surface area contributed by atoms with E-state index in [1.54, 1.807) is 40.7 Å². The third-order valence-electron chi connectivity index (χ3n) is 4.62. The molecule has 0 bridgehead atoms. The van der Waals surface area contributed by atoms with Gasteiger partial charge in [0.1, 0.15) is 0 Å². The first kappa shape index (κ1) is 19.5. The Kier molecular flexibility index (Phi) is 5.50. The highest BCUT2D eigenvalue weighted by Gasteiger charge is 2.26. The summed E-state index contributed by atoms with van der Waals surface area (Å²) < 4.78 is 28.8. The highest BCUT2D eigenvalue weighted by atomic mass is 79.9. The van der Waals surface area contributed by atoms with Crippen molar-refractivity contribution < 1.29 is 13.2 Å². The van der Waals surface area contributed by atoms with Crippen molar-refractivity contribution in [2.24, 2.45) is 0 Å². The van der Waals surface area contributed by atoms with Crippen LogP contribution in [0.15, 0.2) is 51.8 Å². The largest absolute Gasteiger partial charge is 0.298 e. The number of nitrogens with one attached hydrogen (secondary N) is 1. The number of aromatic nitrogens is 1. The standard InChI is InChI=1S/C19H18BrN3O3S2/c20-14-6-4-5-13(11-14)18(24)22-19-21-16-8-7-15(12-17(16)27-19)28(25,26)23-9-2-1-3-10-23/h4-8,11-12H,1-3,9-10H2,(H,21,22,24). The average molecular weight is 480 g/mol. The van der Waals surface area contributed by atoms with Gasteiger partial charge < -0.3 is 0 Å². The summed E-state index contributed by atoms with van der Waals surface area (Å²) in [6.07, 6.45) is 2.86. The highest BCUT2D eigenvalue weighted by molar-refractivity contribution is 9.10. The molecule has 0 atom stereocenters. The Morgan fingerprint density at radius 3 is 2.64 bits per heavy atom. The minimum atomic E-state index is -3.50. The summed E-state index contributed by atoms with van der Waals surface area (Å²) in [7, 11) is -3.50. The Balaban J connectivity index is 1.59. The van der Waals surface area contributed by atoms with E-state index < -0.39 is 10.0 Å². The van der Waals surface area contributed by atoms with Gasteiger partial charge in [-0.15, -0.1) is 0 Å². The fraction of sp³-hybridized carbons (Fsp3) is 0.263. The lowest BCUT2D eigenvalue weighted by atomic mass is 10.2. The van der Waals surface area contributed by atoms with Crippen molar-refractivity contribution in [3.8, 4) is 0 Å². The fourth-order valence-electron chi connectivity index (χ4n) is 3.17. The zero-order valence-corrected chi connectivity index (χ0v) is 18.1. The van der Waals surface area contributed by atoms with E-state index in [4.69, 9.17) is 0 Å². The third kappa shape index (κ3) is 3.98. The second-order valence-corrected chi connectivity index (χ2v) is 10.5. The lowest BCUT2D eigenvalue weighted by molar-refractivity contribution is 0.102. The second kappa shape index (κ2) is 7.90. The first-order chi connectivity index (χ1) is 13.4. The Morgan fingerprint density at radius 1 is 1.11 bits per heavy atom. The van der Waals surface area contributed by atoms with Crippen molar-refractivity contribution in [2.45, 2.75) is 24.2 Å². The van der Waals surface area contributed by atoms with Crippen LogP contribution >= 0.6 is 27.3 Å². The lowest BCUT2D eigenvalue weighted by Crippen LogP contribution is -2.35. The minimum Gasteiger partial charge on any atom is -0.298 e. The second-order valence-electron chi connectivity index (χ2n) is 6.58. The molecule has 1 aromatic heterocycles. The number of anilines is 1. The van der Waals surface area contributed by atoms with Gasteiger partial charge in [-0.2, -0.15) is 4.31 Å². The maximum absolute atomic E-state index is 12.9. The van der Waals surface area contributed by atoms with Crippen LogP contribution in [0.1, 0.15) is 29.6 Å². The molecule has 146 valence electrons. The van der Waals surface area contributed by atoms with Gasteiger partial charge in [0.15, 0.2) is 5.13 Å². The first-order valence-corrected chi connectivity index (χ1v) is 12.0. The minimum absolute atomic E-state index is 0.262. The van der Waals surface area contributed by atoms with Crippen molar-refractivity contribution in [3.63, 3.8) is 0 Å². The van der Waals surface area contributed by atoms with Gasteiger partial charge in [-0.25, -0.2) is 13.4 Å². The lowest BCUT2D eigenvalue weighted by Gasteiger charge is -2.25. The number of sulfonamides is 1. The van der Waals surface area contributed by atoms with E-state index in [1.807, 2.05) is 6.07 Å². The molecule has 2 heterocycles. The molecule has 0 saturated carbocycles. The van der Waals surface area contributed by atoms with Crippen LogP contribution < -0.4 is 5.32 Å². The van der Waals surface area contributed by atoms with E-state index in [1.165, 1.54) is 11.3 Å². The molecular weight excluding hydrogens is 462 g/mol. The summed E-state index contributed by atoms with van der Waals surface area (Å²) in [5, 5.41) is 3.22. The Labute approximate surface area is 175 Å². The third-order valence-corrected chi connectivity index (χ3v) is 7.94. The number of carbonyl (C=O) groups is 1. The molecule has 6 nitrogen and oxygen atoms in total. The molecule has 9 heteroatoms. The van der Waals surface area contributed by atoms with Gasteiger partial charge in [-0.1, -0.05) is 39.8 Å². The van der Waals surface area contributed by atoms with E-state index in [2.05, 4.69) is 26.2 Å². The number of thiazole rings is 1. The van der Waals surface area contributed by atoms with Crippen molar-refractivity contribution in [3.05, 3.63) is 52.5 Å². The van der Waals surface area contributed by atoms with Gasteiger partial charge in [0, 0.05) is 23.1 Å². The zero-order chi connectivity index (χ0) is 19.7. The molecule has 1 aliphatic heterocycles. The Morgan fingerprint density at radius 2 is 1.89 bits per heavy atom. The van der Waals surface area contributed by atoms with Crippen molar-refractivity contribution in [1.29, 1.82) is 0 Å². The fourth-order valence-corrected chi connectivity index (χ4v) is 6.09. The quantitative estimate of drug-likeness (QED) is 0.597. The monoisotopic (exact) mass is 479 g/mol. The number of amides is 1. The Hall–Kier alpha value is -1.81. The molecule has 0 unspecified atom stereocenters. The molecule has 1 aliphatic rings. The molecule has 1 saturated heterocycles. The molecular formula is C19H18BrN3O3S2. The van der Waals surface area contributed by atoms with Crippen molar-refractivity contribution in [1.82, 2.24) is 9.29 Å². The number of halogens is 1. The molecule has 0 aliphatic carbocycles. The number of hydrogen-bond acceptors (Lipinski definition) is 5. The van der Waals surface area contributed by atoms with E-state index >= 15 is 0 Å². The SMILES string of the molecule is O=C(Nc1nc2ccc(S(=O)(=O)N3CCCCC3)cc2s1)c1cccc(Br)c1. The van der Waals surface area contributed by atoms with Gasteiger partial charge in [-0.05, 0) is 49.2 Å². The van der Waals surface area contributed by atoms with Gasteiger partial charge in [0.25, 0.3) is 5.91 Å². The maximum Gasteiger partial charge on any atom is 0.257 e. The molecule has 28 heavy (non-hydrogen) atoms. The number of hydrogen-bond donors (Lipinski definition) is 1. The predicted octanol–water partition coefficient (Wildman–Crippen LogP) is 4.49. The van der Waals surface area contributed by atoms with E-state index in [9.17, 15) is 13.2 Å². The van der Waals surface area contributed by atoms with Gasteiger partial charge >= 0.3 is 0 Å². The number of nitrogens with zero attached hydrogens (tertiary/aromatic N) is 2. The van der Waals surface area contributed by atoms with E-state index in [-0.39, 0.29) is 10.8 Å². The molecule has 0 radical (unpaired) electrons. The van der Waals surface area contributed by atoms with Crippen LogP contribution in [0.5, 0.6) is 0 Å². The van der Waals surface area contributed by atoms with Crippen LogP contribution in [0.3, 0.4) is 0 Å². The highest BCUT2D eigenvalue weighted by Crippen LogP contribution is 2.30. The number of piperidine rings is 1. The molecule has 4 rings (SSSR count). The van der Waals surface area contributed by atoms with E-state index in [0.29, 0.717) is 29.3 Å². The predicted molar refractivity (Wildman–Crippen MR) is 114 cm³/mol. The van der Waals surface area contributed by atoms with Crippen LogP contribution in [0.25, 0.3) is 10.2 Å². The molecule has 1 amide bonds. The smallest absolute Gasteiger partial charge is 0.257 e. The Bertz CT molecular complexity index is 1140. The number of carbonyl (C=O) groups excluding carboxylic acids is 1. The maximum atomic E-state index is 12.9. The van der Waals surface area contributed by atoms with Crippen LogP contribution in [0, 0.1) is 0 Å². The van der Waals surface area contributed by atoms with Crippen LogP contribution in [-0.4, -0.2) is 36.7 Å². The average Bonchev–Trinajstić information content (AvgIpc) is 3.10.